The van der Waals surface area contributed by atoms with Gasteiger partial charge in [-0.3, -0.25) is 6.08 Å². The third-order valence-electron chi connectivity index (χ3n) is 4.16. The van der Waals surface area contributed by atoms with Crippen molar-refractivity contribution in [3.8, 4) is 5.75 Å². The summed E-state index contributed by atoms with van der Waals surface area (Å²) in [4.78, 5) is 0. The number of aromatic hydroxyl groups is 1. The monoisotopic (exact) mass is 505 g/mol. The van der Waals surface area contributed by atoms with Crippen molar-refractivity contribution < 1.29 is 31.3 Å². The van der Waals surface area contributed by atoms with Crippen molar-refractivity contribution in [1.82, 2.24) is 0 Å². The molecule has 1 unspecified atom stereocenters. The van der Waals surface area contributed by atoms with Crippen LogP contribution in [-0.2, 0) is 31.6 Å². The van der Waals surface area contributed by atoms with Crippen LogP contribution < -0.4 is 0 Å². The van der Waals surface area contributed by atoms with Gasteiger partial charge >= 0.3 is 0 Å². The van der Waals surface area contributed by atoms with E-state index in [1.54, 1.807) is 6.07 Å². The van der Waals surface area contributed by atoms with Crippen LogP contribution in [0.15, 0.2) is 34.9 Å². The minimum absolute atomic E-state index is 0. The molecule has 2 radical (unpaired) electrons. The third kappa shape index (κ3) is 13.1. The maximum atomic E-state index is 9.36. The van der Waals surface area contributed by atoms with Gasteiger partial charge < -0.3 is 5.11 Å². The Kier molecular flexibility index (Phi) is 20.6. The van der Waals surface area contributed by atoms with Gasteiger partial charge in [-0.25, -0.2) is 5.57 Å². The molecule has 0 saturated carbocycles. The van der Waals surface area contributed by atoms with Gasteiger partial charge in [0.1, 0.15) is 5.75 Å². The molecule has 154 valence electrons. The average molecular weight is 508 g/mol. The number of halogens is 2. The molecule has 2 rings (SSSR count). The molecule has 0 aliphatic heterocycles. The molecule has 0 fully saturated rings. The van der Waals surface area contributed by atoms with E-state index in [0.717, 1.165) is 15.1 Å². The van der Waals surface area contributed by atoms with Crippen LogP contribution >= 0.6 is 24.8 Å². The van der Waals surface area contributed by atoms with Gasteiger partial charge in [0.15, 0.2) is 0 Å². The maximum Gasteiger partial charge on any atom is 0.116 e. The predicted octanol–water partition coefficient (Wildman–Crippen LogP) is 7.35. The predicted molar refractivity (Wildman–Crippen MR) is 123 cm³/mol. The third-order valence-corrected chi connectivity index (χ3v) is 4.16. The summed E-state index contributed by atoms with van der Waals surface area (Å²) in [7, 11) is 1.08. The zero-order valence-electron chi connectivity index (χ0n) is 18.6. The average Bonchev–Trinajstić information content (AvgIpc) is 2.65. The van der Waals surface area contributed by atoms with Crippen LogP contribution in [0.3, 0.4) is 0 Å². The SMILES string of the molecule is CC1=[C-]C(C)C(C)=C1C.C[Si]C.Cc1cc(O)cc(C(C)(C)C)c1.Cl.Cl.[Zr]. The van der Waals surface area contributed by atoms with Crippen LogP contribution in [0.2, 0.25) is 13.1 Å². The van der Waals surface area contributed by atoms with E-state index in [-0.39, 0.29) is 56.4 Å². The molecule has 1 aromatic rings. The van der Waals surface area contributed by atoms with Gasteiger partial charge in [0.05, 0.1) is 0 Å². The molecule has 0 aromatic heterocycles. The largest absolute Gasteiger partial charge is 0.508 e. The number of allylic oxidation sites excluding steroid dienone is 4. The smallest absolute Gasteiger partial charge is 0.116 e. The molecule has 0 amide bonds. The standard InChI is InChI=1S/C11H16O.C9H13.C2H6Si.2ClH.Zr/c1-8-5-9(11(2,3)4)7-10(12)6-8;1-6-5-7(2)9(4)8(6)3;1-3-2;;;/h5-7,12H,1-4H3;6H,1-4H3;1-2H3;2*1H;/q;-1;;;;. The fraction of sp³-hybridized carbons (Fsp3) is 0.545. The summed E-state index contributed by atoms with van der Waals surface area (Å²) in [5, 5.41) is 9.36. The van der Waals surface area contributed by atoms with Crippen molar-refractivity contribution >= 4 is 34.3 Å². The van der Waals surface area contributed by atoms with Crippen LogP contribution in [0.4, 0.5) is 0 Å². The van der Waals surface area contributed by atoms with Gasteiger partial charge in [-0.15, -0.1) is 31.7 Å². The molecule has 1 aromatic carbocycles. The maximum absolute atomic E-state index is 9.36. The van der Waals surface area contributed by atoms with E-state index >= 15 is 0 Å². The second-order valence-corrected chi connectivity index (χ2v) is 8.61. The molecule has 1 aliphatic rings. The van der Waals surface area contributed by atoms with Gasteiger partial charge in [-0.1, -0.05) is 66.6 Å². The summed E-state index contributed by atoms with van der Waals surface area (Å²) < 4.78 is 0. The van der Waals surface area contributed by atoms with Crippen LogP contribution in [-0.4, -0.2) is 14.6 Å². The number of aryl methyl sites for hydroxylation is 1. The zero-order valence-corrected chi connectivity index (χ0v) is 23.7. The Hall–Kier alpha value is 0.180. The van der Waals surface area contributed by atoms with Crippen LogP contribution in [0.25, 0.3) is 0 Å². The number of benzene rings is 1. The van der Waals surface area contributed by atoms with E-state index in [1.807, 2.05) is 13.0 Å². The second-order valence-electron chi connectivity index (χ2n) is 7.61. The Morgan fingerprint density at radius 3 is 1.63 bits per heavy atom. The number of rotatable bonds is 0. The van der Waals surface area contributed by atoms with Crippen molar-refractivity contribution in [3.63, 3.8) is 0 Å². The Morgan fingerprint density at radius 1 is 0.963 bits per heavy atom. The topological polar surface area (TPSA) is 20.2 Å². The Morgan fingerprint density at radius 2 is 1.41 bits per heavy atom. The summed E-state index contributed by atoms with van der Waals surface area (Å²) in [6.07, 6.45) is 3.36. The van der Waals surface area contributed by atoms with Crippen molar-refractivity contribution in [3.05, 3.63) is 52.1 Å². The van der Waals surface area contributed by atoms with Gasteiger partial charge in [0.25, 0.3) is 0 Å². The molecule has 0 spiro atoms. The van der Waals surface area contributed by atoms with E-state index in [9.17, 15) is 5.11 Å². The molecule has 0 bridgehead atoms. The summed E-state index contributed by atoms with van der Waals surface area (Å²) in [5.41, 5.74) is 6.65. The molecular weight excluding hydrogens is 470 g/mol. The van der Waals surface area contributed by atoms with Gasteiger partial charge in [-0.2, -0.15) is 11.1 Å². The van der Waals surface area contributed by atoms with Gasteiger partial charge in [0, 0.05) is 35.7 Å². The number of hydrogen-bond acceptors (Lipinski definition) is 1. The molecule has 1 nitrogen and oxygen atoms in total. The van der Waals surface area contributed by atoms with Crippen LogP contribution in [0.1, 0.15) is 59.6 Å². The first-order valence-corrected chi connectivity index (χ1v) is 10.6. The Labute approximate surface area is 202 Å². The number of hydrogen-bond donors (Lipinski definition) is 1. The van der Waals surface area contributed by atoms with Crippen LogP contribution in [0.5, 0.6) is 5.75 Å². The Bertz CT molecular complexity index is 585. The van der Waals surface area contributed by atoms with Crippen molar-refractivity contribution in [2.75, 3.05) is 0 Å². The van der Waals surface area contributed by atoms with E-state index in [0.29, 0.717) is 11.7 Å². The van der Waals surface area contributed by atoms with E-state index in [1.165, 1.54) is 22.3 Å². The van der Waals surface area contributed by atoms with Crippen molar-refractivity contribution in [2.45, 2.75) is 73.9 Å². The van der Waals surface area contributed by atoms with E-state index in [4.69, 9.17) is 0 Å². The van der Waals surface area contributed by atoms with Crippen molar-refractivity contribution in [1.29, 1.82) is 0 Å². The fourth-order valence-corrected chi connectivity index (χ4v) is 2.36. The molecule has 27 heavy (non-hydrogen) atoms. The second kappa shape index (κ2) is 16.0. The van der Waals surface area contributed by atoms with Gasteiger partial charge in [0.2, 0.25) is 0 Å². The summed E-state index contributed by atoms with van der Waals surface area (Å²) in [5.74, 6) is 0.921. The van der Waals surface area contributed by atoms with E-state index in [2.05, 4.69) is 73.7 Å². The van der Waals surface area contributed by atoms with E-state index < -0.39 is 0 Å². The first-order valence-electron chi connectivity index (χ1n) is 8.61. The Balaban J connectivity index is -0.000000159. The number of phenols is 1. The first-order chi connectivity index (χ1) is 10.9. The fourth-order valence-electron chi connectivity index (χ4n) is 2.36. The number of phenolic OH excluding ortho intramolecular Hbond substituents is 1. The first kappa shape index (κ1) is 34.7. The van der Waals surface area contributed by atoms with Crippen LogP contribution in [0, 0.1) is 18.9 Å². The molecule has 1 aliphatic carbocycles. The normalized spacial score (nSPS) is 14.9. The minimum atomic E-state index is 0. The molecule has 5 heteroatoms. The molecule has 0 heterocycles. The quantitative estimate of drug-likeness (QED) is 0.288. The molecular formula is C22H37Cl2OSiZr-. The van der Waals surface area contributed by atoms with Gasteiger partial charge in [-0.05, 0) is 35.6 Å². The molecule has 0 saturated heterocycles. The molecule has 1 N–H and O–H groups in total. The summed E-state index contributed by atoms with van der Waals surface area (Å²) in [6, 6.07) is 5.71. The summed E-state index contributed by atoms with van der Waals surface area (Å²) >= 11 is 0. The van der Waals surface area contributed by atoms with Crippen molar-refractivity contribution in [2.24, 2.45) is 5.92 Å². The zero-order chi connectivity index (χ0) is 19.1. The molecule has 1 atom stereocenters. The minimum Gasteiger partial charge on any atom is -0.508 e. The summed E-state index contributed by atoms with van der Waals surface area (Å²) in [6.45, 7) is 21.4.